The van der Waals surface area contributed by atoms with E-state index in [1.807, 2.05) is 70.2 Å². The standard InChI is InChI=1S/C29H38BN5O5/c1-18(2)13-23(28(37)35-26(30(39)40)14-19(3)4)33-27(36)24(34-29(38)25-17-31-11-12-32-25)16-20-9-10-21-7-5-6-8-22(21)15-20/h5-12,15,17-19,23-24,26,39-40H,13-14,16H2,1-4H3,(H,33,36)(H,34,38)(H,35,37)/t23-,24-,26+/m0/s1. The number of amides is 3. The fourth-order valence-electron chi connectivity index (χ4n) is 4.48. The minimum atomic E-state index is -1.74. The van der Waals surface area contributed by atoms with Crippen LogP contribution in [0.3, 0.4) is 0 Å². The largest absolute Gasteiger partial charge is 0.475 e. The molecule has 0 aliphatic heterocycles. The zero-order valence-electron chi connectivity index (χ0n) is 23.4. The van der Waals surface area contributed by atoms with Crippen molar-refractivity contribution < 1.29 is 24.4 Å². The van der Waals surface area contributed by atoms with Gasteiger partial charge >= 0.3 is 7.12 Å². The Hall–Kier alpha value is -3.83. The molecule has 1 heterocycles. The summed E-state index contributed by atoms with van der Waals surface area (Å²) < 4.78 is 0. The molecule has 2 aromatic carbocycles. The molecule has 0 aliphatic carbocycles. The molecule has 3 aromatic rings. The molecular weight excluding hydrogens is 509 g/mol. The first kappa shape index (κ1) is 30.7. The smallest absolute Gasteiger partial charge is 0.426 e. The molecule has 0 saturated carbocycles. The maximum atomic E-state index is 13.6. The van der Waals surface area contributed by atoms with Gasteiger partial charge in [-0.2, -0.15) is 0 Å². The molecule has 10 nitrogen and oxygen atoms in total. The van der Waals surface area contributed by atoms with Crippen LogP contribution in [0, 0.1) is 11.8 Å². The highest BCUT2D eigenvalue weighted by Gasteiger charge is 2.32. The van der Waals surface area contributed by atoms with Gasteiger partial charge in [-0.25, -0.2) is 4.98 Å². The van der Waals surface area contributed by atoms with Gasteiger partial charge in [0.2, 0.25) is 11.8 Å². The Balaban J connectivity index is 1.84. The molecule has 0 unspecified atom stereocenters. The Morgan fingerprint density at radius 3 is 2.12 bits per heavy atom. The van der Waals surface area contributed by atoms with Gasteiger partial charge in [-0.15, -0.1) is 0 Å². The predicted molar refractivity (Wildman–Crippen MR) is 154 cm³/mol. The molecule has 0 aliphatic rings. The van der Waals surface area contributed by atoms with Gasteiger partial charge in [0.05, 0.1) is 12.1 Å². The Morgan fingerprint density at radius 2 is 1.50 bits per heavy atom. The fraction of sp³-hybridized carbons (Fsp3) is 0.414. The maximum Gasteiger partial charge on any atom is 0.475 e. The van der Waals surface area contributed by atoms with Crippen LogP contribution < -0.4 is 16.0 Å². The number of rotatable bonds is 13. The van der Waals surface area contributed by atoms with Gasteiger partial charge < -0.3 is 26.0 Å². The van der Waals surface area contributed by atoms with E-state index in [9.17, 15) is 24.4 Å². The molecule has 1 aromatic heterocycles. The number of carbonyl (C=O) groups excluding carboxylic acids is 3. The van der Waals surface area contributed by atoms with Crippen LogP contribution in [0.25, 0.3) is 10.8 Å². The van der Waals surface area contributed by atoms with Gasteiger partial charge in [0.1, 0.15) is 17.8 Å². The molecule has 11 heteroatoms. The normalized spacial score (nSPS) is 13.5. The maximum absolute atomic E-state index is 13.6. The van der Waals surface area contributed by atoms with Crippen LogP contribution in [-0.4, -0.2) is 62.9 Å². The first-order valence-corrected chi connectivity index (χ1v) is 13.5. The Morgan fingerprint density at radius 1 is 0.825 bits per heavy atom. The van der Waals surface area contributed by atoms with Crippen LogP contribution in [0.2, 0.25) is 0 Å². The summed E-state index contributed by atoms with van der Waals surface area (Å²) in [4.78, 5) is 47.8. The molecular formula is C29H38BN5O5. The Labute approximate surface area is 235 Å². The first-order chi connectivity index (χ1) is 19.0. The molecule has 3 rings (SSSR count). The lowest BCUT2D eigenvalue weighted by Gasteiger charge is -2.27. The van der Waals surface area contributed by atoms with E-state index < -0.39 is 42.9 Å². The second-order valence-corrected chi connectivity index (χ2v) is 10.9. The number of nitrogens with zero attached hydrogens (tertiary/aromatic N) is 2. The van der Waals surface area contributed by atoms with Gasteiger partial charge in [0, 0.05) is 18.8 Å². The van der Waals surface area contributed by atoms with Gasteiger partial charge in [-0.3, -0.25) is 19.4 Å². The second kappa shape index (κ2) is 14.5. The summed E-state index contributed by atoms with van der Waals surface area (Å²) in [6.07, 6.45) is 4.98. The number of carbonyl (C=O) groups is 3. The number of hydrogen-bond donors (Lipinski definition) is 5. The number of fused-ring (bicyclic) bond motifs is 1. The van der Waals surface area contributed by atoms with Crippen molar-refractivity contribution in [3.05, 3.63) is 72.3 Å². The van der Waals surface area contributed by atoms with Crippen LogP contribution in [0.1, 0.15) is 56.6 Å². The van der Waals surface area contributed by atoms with Crippen LogP contribution in [-0.2, 0) is 16.0 Å². The molecule has 5 N–H and O–H groups in total. The molecule has 3 amide bonds. The lowest BCUT2D eigenvalue weighted by Crippen LogP contribution is -2.57. The van der Waals surface area contributed by atoms with E-state index in [0.717, 1.165) is 16.3 Å². The third kappa shape index (κ3) is 9.13. The monoisotopic (exact) mass is 547 g/mol. The summed E-state index contributed by atoms with van der Waals surface area (Å²) in [5.74, 6) is -2.37. The van der Waals surface area contributed by atoms with E-state index >= 15 is 0 Å². The van der Waals surface area contributed by atoms with Gasteiger partial charge in [-0.1, -0.05) is 70.2 Å². The SMILES string of the molecule is CC(C)C[C@H](NC(=O)[C@H](Cc1ccc2ccccc2c1)NC(=O)c1cnccn1)C(=O)N[C@H](CC(C)C)B(O)O. The molecule has 0 spiro atoms. The van der Waals surface area contributed by atoms with E-state index in [-0.39, 0.29) is 24.0 Å². The van der Waals surface area contributed by atoms with E-state index in [0.29, 0.717) is 12.8 Å². The van der Waals surface area contributed by atoms with Crippen LogP contribution >= 0.6 is 0 Å². The van der Waals surface area contributed by atoms with E-state index in [4.69, 9.17) is 0 Å². The Bertz CT molecular complexity index is 1290. The summed E-state index contributed by atoms with van der Waals surface area (Å²) in [6, 6.07) is 11.7. The topological polar surface area (TPSA) is 154 Å². The van der Waals surface area contributed by atoms with E-state index in [1.165, 1.54) is 18.6 Å². The molecule has 0 saturated heterocycles. The lowest BCUT2D eigenvalue weighted by molar-refractivity contribution is -0.130. The average Bonchev–Trinajstić information content (AvgIpc) is 2.91. The van der Waals surface area contributed by atoms with Crippen molar-refractivity contribution in [2.24, 2.45) is 11.8 Å². The number of hydrogen-bond acceptors (Lipinski definition) is 7. The predicted octanol–water partition coefficient (Wildman–Crippen LogP) is 2.04. The summed E-state index contributed by atoms with van der Waals surface area (Å²) in [5, 5.41) is 29.8. The molecule has 0 radical (unpaired) electrons. The summed E-state index contributed by atoms with van der Waals surface area (Å²) in [7, 11) is -1.74. The van der Waals surface area contributed by atoms with Crippen molar-refractivity contribution in [1.29, 1.82) is 0 Å². The fourth-order valence-corrected chi connectivity index (χ4v) is 4.48. The number of nitrogens with one attached hydrogen (secondary N) is 3. The van der Waals surface area contributed by atoms with Crippen molar-refractivity contribution in [3.8, 4) is 0 Å². The van der Waals surface area contributed by atoms with Crippen molar-refractivity contribution >= 4 is 35.6 Å². The van der Waals surface area contributed by atoms with Crippen LogP contribution in [0.15, 0.2) is 61.1 Å². The highest BCUT2D eigenvalue weighted by Crippen LogP contribution is 2.17. The highest BCUT2D eigenvalue weighted by molar-refractivity contribution is 6.43. The van der Waals surface area contributed by atoms with Gasteiger partial charge in [-0.05, 0) is 41.0 Å². The highest BCUT2D eigenvalue weighted by atomic mass is 16.4. The first-order valence-electron chi connectivity index (χ1n) is 13.5. The van der Waals surface area contributed by atoms with Crippen molar-refractivity contribution in [2.45, 2.75) is 65.0 Å². The number of benzene rings is 2. The third-order valence-corrected chi connectivity index (χ3v) is 6.42. The van der Waals surface area contributed by atoms with Gasteiger partial charge in [0.15, 0.2) is 0 Å². The molecule has 0 fully saturated rings. The summed E-state index contributed by atoms with van der Waals surface area (Å²) in [6.45, 7) is 7.65. The van der Waals surface area contributed by atoms with Crippen LogP contribution in [0.5, 0.6) is 0 Å². The van der Waals surface area contributed by atoms with Gasteiger partial charge in [0.25, 0.3) is 5.91 Å². The van der Waals surface area contributed by atoms with Crippen molar-refractivity contribution in [2.75, 3.05) is 0 Å². The molecule has 0 bridgehead atoms. The quantitative estimate of drug-likeness (QED) is 0.205. The van der Waals surface area contributed by atoms with E-state index in [2.05, 4.69) is 25.9 Å². The molecule has 212 valence electrons. The summed E-state index contributed by atoms with van der Waals surface area (Å²) in [5.41, 5.74) is 0.882. The average molecular weight is 547 g/mol. The minimum absolute atomic E-state index is 0.0479. The Kier molecular flexibility index (Phi) is 11.2. The molecule has 3 atom stereocenters. The minimum Gasteiger partial charge on any atom is -0.426 e. The van der Waals surface area contributed by atoms with E-state index in [1.54, 1.807) is 0 Å². The lowest BCUT2D eigenvalue weighted by atomic mass is 9.75. The zero-order valence-corrected chi connectivity index (χ0v) is 23.4. The summed E-state index contributed by atoms with van der Waals surface area (Å²) >= 11 is 0. The zero-order chi connectivity index (χ0) is 29.2. The van der Waals surface area contributed by atoms with Crippen molar-refractivity contribution in [3.63, 3.8) is 0 Å². The second-order valence-electron chi connectivity index (χ2n) is 10.9. The van der Waals surface area contributed by atoms with Crippen LogP contribution in [0.4, 0.5) is 0 Å². The number of aromatic nitrogens is 2. The van der Waals surface area contributed by atoms with Crippen molar-refractivity contribution in [1.82, 2.24) is 25.9 Å². The third-order valence-electron chi connectivity index (χ3n) is 6.42. The molecule has 40 heavy (non-hydrogen) atoms.